The first-order valence-electron chi connectivity index (χ1n) is 19.7. The molecule has 5 nitrogen and oxygen atoms in total. The number of para-hydroxylation sites is 1. The van der Waals surface area contributed by atoms with E-state index in [-0.39, 0.29) is 12.3 Å². The van der Waals surface area contributed by atoms with Gasteiger partial charge in [0.25, 0.3) is 0 Å². The van der Waals surface area contributed by atoms with Crippen LogP contribution in [0.2, 0.25) is 0 Å². The van der Waals surface area contributed by atoms with Crippen molar-refractivity contribution < 1.29 is 0 Å². The second kappa shape index (κ2) is 14.2. The molecule has 0 aliphatic carbocycles. The molecule has 274 valence electrons. The maximum Gasteiger partial charge on any atom is 0.131 e. The van der Waals surface area contributed by atoms with Crippen molar-refractivity contribution in [1.29, 1.82) is 0 Å². The lowest BCUT2D eigenvalue weighted by Gasteiger charge is -2.32. The van der Waals surface area contributed by atoms with E-state index in [1.807, 2.05) is 24.5 Å². The first kappa shape index (κ1) is 33.8. The first-order chi connectivity index (χ1) is 28.7. The summed E-state index contributed by atoms with van der Waals surface area (Å²) in [6, 6.07) is 66.9. The Hall–Kier alpha value is -7.47. The molecule has 58 heavy (non-hydrogen) atoms. The van der Waals surface area contributed by atoms with Crippen molar-refractivity contribution in [3.05, 3.63) is 217 Å². The lowest BCUT2D eigenvalue weighted by Crippen LogP contribution is -2.44. The third kappa shape index (κ3) is 6.15. The first-order valence-corrected chi connectivity index (χ1v) is 19.7. The minimum Gasteiger partial charge on any atom is -0.350 e. The molecule has 2 aromatic heterocycles. The van der Waals surface area contributed by atoms with Crippen LogP contribution in [0.1, 0.15) is 29.0 Å². The topological polar surface area (TPSA) is 62.2 Å². The van der Waals surface area contributed by atoms with Crippen molar-refractivity contribution in [2.24, 2.45) is 4.99 Å². The Balaban J connectivity index is 1.05. The van der Waals surface area contributed by atoms with Crippen LogP contribution in [-0.2, 0) is 0 Å². The summed E-state index contributed by atoms with van der Waals surface area (Å²) < 4.78 is 0. The summed E-state index contributed by atoms with van der Waals surface area (Å²) in [5, 5.41) is 15.6. The maximum atomic E-state index is 5.34. The molecule has 0 fully saturated rings. The van der Waals surface area contributed by atoms with Crippen LogP contribution < -0.4 is 10.6 Å². The van der Waals surface area contributed by atoms with Crippen LogP contribution in [0.3, 0.4) is 0 Å². The van der Waals surface area contributed by atoms with Gasteiger partial charge in [0, 0.05) is 34.3 Å². The Morgan fingerprint density at radius 2 is 1.14 bits per heavy atom. The van der Waals surface area contributed by atoms with Crippen LogP contribution in [-0.4, -0.2) is 15.8 Å². The van der Waals surface area contributed by atoms with Gasteiger partial charge in [-0.05, 0) is 103 Å². The molecule has 2 atom stereocenters. The van der Waals surface area contributed by atoms with E-state index in [2.05, 4.69) is 192 Å². The van der Waals surface area contributed by atoms with Crippen LogP contribution in [0.25, 0.3) is 76.7 Å². The number of nitrogens with one attached hydrogen (secondary N) is 2. The zero-order valence-corrected chi connectivity index (χ0v) is 31.5. The van der Waals surface area contributed by atoms with Gasteiger partial charge in [0.1, 0.15) is 18.2 Å². The molecule has 3 heterocycles. The third-order valence-electron chi connectivity index (χ3n) is 11.4. The average Bonchev–Trinajstić information content (AvgIpc) is 3.31. The number of pyridine rings is 2. The fraction of sp³-hybridized carbons (Fsp3) is 0.0377. The molecule has 1 aliphatic heterocycles. The summed E-state index contributed by atoms with van der Waals surface area (Å²) in [6.07, 6.45) is 3.35. The Kier molecular flexibility index (Phi) is 8.30. The fourth-order valence-electron chi connectivity index (χ4n) is 8.49. The number of amidine groups is 1. The number of rotatable bonds is 6. The highest BCUT2D eigenvalue weighted by Gasteiger charge is 2.26. The molecular weight excluding hydrogens is 707 g/mol. The fourth-order valence-corrected chi connectivity index (χ4v) is 8.49. The van der Waals surface area contributed by atoms with Gasteiger partial charge in [-0.3, -0.25) is 10.3 Å². The summed E-state index contributed by atoms with van der Waals surface area (Å²) in [7, 11) is 0. The second-order valence-electron chi connectivity index (χ2n) is 14.9. The lowest BCUT2D eigenvalue weighted by molar-refractivity contribution is 0.409. The highest BCUT2D eigenvalue weighted by molar-refractivity contribution is 6.11. The van der Waals surface area contributed by atoms with Crippen molar-refractivity contribution in [3.8, 4) is 33.5 Å². The molecule has 0 spiro atoms. The van der Waals surface area contributed by atoms with Crippen molar-refractivity contribution in [2.45, 2.75) is 12.3 Å². The number of aromatic nitrogens is 2. The Bertz CT molecular complexity index is 3190. The van der Waals surface area contributed by atoms with Crippen molar-refractivity contribution in [1.82, 2.24) is 20.6 Å². The van der Waals surface area contributed by atoms with E-state index in [9.17, 15) is 0 Å². The van der Waals surface area contributed by atoms with Gasteiger partial charge in [0.15, 0.2) is 0 Å². The molecule has 11 rings (SSSR count). The molecule has 2 unspecified atom stereocenters. The van der Waals surface area contributed by atoms with Gasteiger partial charge < -0.3 is 5.32 Å². The number of nitrogens with zero attached hydrogens (tertiary/aromatic N) is 3. The smallest absolute Gasteiger partial charge is 0.131 e. The number of fused-ring (bicyclic) bond motifs is 5. The minimum absolute atomic E-state index is 0.136. The summed E-state index contributed by atoms with van der Waals surface area (Å²) >= 11 is 0. The van der Waals surface area contributed by atoms with E-state index < -0.39 is 0 Å². The highest BCUT2D eigenvalue weighted by atomic mass is 15.3. The minimum atomic E-state index is -0.308. The zero-order chi connectivity index (χ0) is 38.4. The predicted molar refractivity (Wildman–Crippen MR) is 240 cm³/mol. The molecule has 1 aliphatic rings. The van der Waals surface area contributed by atoms with E-state index in [0.29, 0.717) is 0 Å². The van der Waals surface area contributed by atoms with Crippen LogP contribution >= 0.6 is 0 Å². The van der Waals surface area contributed by atoms with Gasteiger partial charge in [-0.25, -0.2) is 9.98 Å². The molecule has 10 aromatic rings. The molecule has 0 radical (unpaired) electrons. The van der Waals surface area contributed by atoms with Gasteiger partial charge >= 0.3 is 0 Å². The SMILES string of the molecule is c1ccc(C2=NC(c3cc(-c4ccc5cc(-c6nc7ccccc7c7ccncc67)ccc5c4)cc(-c4cccc5ccccc45)c3)NC(c3ccccc3)N2)cc1. The molecule has 2 N–H and O–H groups in total. The van der Waals surface area contributed by atoms with Crippen LogP contribution in [0, 0.1) is 0 Å². The van der Waals surface area contributed by atoms with E-state index in [1.54, 1.807) is 0 Å². The van der Waals surface area contributed by atoms with Gasteiger partial charge in [0.2, 0.25) is 0 Å². The van der Waals surface area contributed by atoms with Crippen LogP contribution in [0.15, 0.2) is 205 Å². The Morgan fingerprint density at radius 3 is 2.00 bits per heavy atom. The predicted octanol–water partition coefficient (Wildman–Crippen LogP) is 12.4. The molecular formula is C53H37N5. The van der Waals surface area contributed by atoms with Crippen LogP contribution in [0.5, 0.6) is 0 Å². The quantitative estimate of drug-likeness (QED) is 0.167. The lowest BCUT2D eigenvalue weighted by atomic mass is 9.91. The summed E-state index contributed by atoms with van der Waals surface area (Å²) in [4.78, 5) is 15.0. The van der Waals surface area contributed by atoms with Crippen molar-refractivity contribution in [3.63, 3.8) is 0 Å². The second-order valence-corrected chi connectivity index (χ2v) is 14.9. The van der Waals surface area contributed by atoms with Crippen molar-refractivity contribution in [2.75, 3.05) is 0 Å². The third-order valence-corrected chi connectivity index (χ3v) is 11.4. The number of benzene rings is 8. The number of hydrogen-bond acceptors (Lipinski definition) is 5. The van der Waals surface area contributed by atoms with E-state index >= 15 is 0 Å². The summed E-state index contributed by atoms with van der Waals surface area (Å²) in [5.41, 5.74) is 10.9. The van der Waals surface area contributed by atoms with E-state index in [1.165, 1.54) is 16.3 Å². The average molecular weight is 744 g/mol. The van der Waals surface area contributed by atoms with Crippen LogP contribution in [0.4, 0.5) is 0 Å². The summed E-state index contributed by atoms with van der Waals surface area (Å²) in [5.74, 6) is 0.862. The zero-order valence-electron chi connectivity index (χ0n) is 31.5. The normalized spacial score (nSPS) is 15.4. The standard InChI is InChI=1S/C53H37N5/c1-3-13-35(14-4-1)51-56-52(36-15-5-2-6-16-36)58-53(57-51)43-31-41(30-42(32-43)45-20-11-17-34-12-7-8-18-44(34)45)39-23-22-38-29-40(25-24-37(38)28-39)50-48-33-54-27-26-46(48)47-19-9-10-21-49(47)55-50/h1-33,51,53,57H,(H,56,58). The highest BCUT2D eigenvalue weighted by Crippen LogP contribution is 2.38. The molecule has 0 saturated carbocycles. The Labute approximate surface area is 336 Å². The maximum absolute atomic E-state index is 5.34. The molecule has 8 aromatic carbocycles. The summed E-state index contributed by atoms with van der Waals surface area (Å²) in [6.45, 7) is 0. The van der Waals surface area contributed by atoms with E-state index in [4.69, 9.17) is 9.98 Å². The Morgan fingerprint density at radius 1 is 0.431 bits per heavy atom. The van der Waals surface area contributed by atoms with Crippen molar-refractivity contribution >= 4 is 49.1 Å². The van der Waals surface area contributed by atoms with Gasteiger partial charge in [0.05, 0.1) is 11.2 Å². The largest absolute Gasteiger partial charge is 0.350 e. The molecule has 0 bridgehead atoms. The number of hydrogen-bond donors (Lipinski definition) is 2. The van der Waals surface area contributed by atoms with Gasteiger partial charge in [-0.15, -0.1) is 0 Å². The van der Waals surface area contributed by atoms with E-state index in [0.717, 1.165) is 82.9 Å². The van der Waals surface area contributed by atoms with Gasteiger partial charge in [-0.2, -0.15) is 0 Å². The monoisotopic (exact) mass is 743 g/mol. The molecule has 5 heteroatoms. The molecule has 0 saturated heterocycles. The molecule has 0 amide bonds. The number of aliphatic imine (C=N–C) groups is 1. The van der Waals surface area contributed by atoms with Gasteiger partial charge in [-0.1, -0.05) is 146 Å².